The van der Waals surface area contributed by atoms with Crippen molar-refractivity contribution >= 4 is 43.8 Å². The zero-order chi connectivity index (χ0) is 33.0. The van der Waals surface area contributed by atoms with E-state index in [-0.39, 0.29) is 0 Å². The molecule has 7 aromatic carbocycles. The lowest BCUT2D eigenvalue weighted by Gasteiger charge is -2.13. The van der Waals surface area contributed by atoms with E-state index in [1.54, 1.807) is 0 Å². The summed E-state index contributed by atoms with van der Waals surface area (Å²) in [4.78, 5) is 15.3. The van der Waals surface area contributed by atoms with E-state index in [1.807, 2.05) is 54.6 Å². The molecule has 0 bridgehead atoms. The number of hydrogen-bond acceptors (Lipinski definition) is 4. The Morgan fingerprint density at radius 3 is 1.94 bits per heavy atom. The Hall–Kier alpha value is -6.85. The first kappa shape index (κ1) is 28.2. The number of oxazole rings is 1. The molecule has 10 rings (SSSR count). The van der Waals surface area contributed by atoms with Gasteiger partial charge in [-0.2, -0.15) is 0 Å². The predicted molar refractivity (Wildman–Crippen MR) is 203 cm³/mol. The molecule has 0 saturated heterocycles. The maximum atomic E-state index is 6.28. The number of benzene rings is 7. The molecule has 234 valence electrons. The van der Waals surface area contributed by atoms with Crippen molar-refractivity contribution in [3.05, 3.63) is 170 Å². The van der Waals surface area contributed by atoms with Crippen LogP contribution in [0, 0.1) is 0 Å². The number of pyridine rings is 1. The average molecular weight is 641 g/mol. The van der Waals surface area contributed by atoms with Crippen molar-refractivity contribution in [2.75, 3.05) is 0 Å². The van der Waals surface area contributed by atoms with E-state index in [0.717, 1.165) is 88.8 Å². The predicted octanol–water partition coefficient (Wildman–Crippen LogP) is 11.5. The lowest BCUT2D eigenvalue weighted by molar-refractivity contribution is 0.620. The lowest BCUT2D eigenvalue weighted by atomic mass is 9.97. The van der Waals surface area contributed by atoms with Gasteiger partial charge in [-0.15, -0.1) is 0 Å². The van der Waals surface area contributed by atoms with Crippen molar-refractivity contribution in [2.24, 2.45) is 0 Å². The van der Waals surface area contributed by atoms with Crippen LogP contribution in [0.1, 0.15) is 0 Å². The zero-order valence-electron chi connectivity index (χ0n) is 26.9. The molecule has 0 spiro atoms. The van der Waals surface area contributed by atoms with Gasteiger partial charge in [0.2, 0.25) is 5.89 Å². The van der Waals surface area contributed by atoms with E-state index in [0.29, 0.717) is 5.89 Å². The van der Waals surface area contributed by atoms with Crippen molar-refractivity contribution in [3.63, 3.8) is 0 Å². The summed E-state index contributed by atoms with van der Waals surface area (Å²) in [7, 11) is 0. The van der Waals surface area contributed by atoms with E-state index < -0.39 is 0 Å². The highest BCUT2D eigenvalue weighted by molar-refractivity contribution is 6.20. The van der Waals surface area contributed by atoms with Gasteiger partial charge in [0.05, 0.1) is 22.2 Å². The molecule has 0 amide bonds. The monoisotopic (exact) mass is 640 g/mol. The van der Waals surface area contributed by atoms with E-state index in [1.165, 1.54) is 0 Å². The summed E-state index contributed by atoms with van der Waals surface area (Å²) < 4.78 is 8.53. The van der Waals surface area contributed by atoms with Crippen molar-refractivity contribution in [1.29, 1.82) is 0 Å². The van der Waals surface area contributed by atoms with Crippen molar-refractivity contribution < 1.29 is 4.42 Å². The molecule has 0 aliphatic rings. The number of rotatable bonds is 5. The summed E-state index contributed by atoms with van der Waals surface area (Å²) in [5, 5.41) is 3.15. The SMILES string of the molecule is c1ccc(-c2nc3c(ccc4c(-c5ccc(-c6cccc(-n7c(-c8ccccc8)nc8ccccc87)c6)cc5)nc5ccccc5c43)o2)cc1. The maximum Gasteiger partial charge on any atom is 0.227 e. The minimum atomic E-state index is 0.613. The second kappa shape index (κ2) is 11.4. The van der Waals surface area contributed by atoms with Crippen LogP contribution in [0.5, 0.6) is 0 Å². The van der Waals surface area contributed by atoms with Crippen LogP contribution in [0.25, 0.3) is 94.7 Å². The molecule has 0 radical (unpaired) electrons. The van der Waals surface area contributed by atoms with Crippen molar-refractivity contribution in [2.45, 2.75) is 0 Å². The van der Waals surface area contributed by atoms with Gasteiger partial charge in [0, 0.05) is 38.5 Å². The average Bonchev–Trinajstić information content (AvgIpc) is 3.81. The largest absolute Gasteiger partial charge is 0.436 e. The number of hydrogen-bond donors (Lipinski definition) is 0. The Morgan fingerprint density at radius 1 is 0.440 bits per heavy atom. The molecule has 10 aromatic rings. The fraction of sp³-hybridized carbons (Fsp3) is 0. The number of nitrogens with zero attached hydrogens (tertiary/aromatic N) is 4. The standard InChI is InChI=1S/C45H28N4O/c1-3-12-31(13-4-1)44-47-38-20-9-10-21-39(38)49(44)34-17-11-16-33(28-34)29-22-24-30(25-23-29)42-36-26-27-40-43(41(36)35-18-7-8-19-37(35)46-42)48-45(50-40)32-14-5-2-6-15-32/h1-28H. The smallest absolute Gasteiger partial charge is 0.227 e. The fourth-order valence-electron chi connectivity index (χ4n) is 7.06. The van der Waals surface area contributed by atoms with Crippen LogP contribution in [0.2, 0.25) is 0 Å². The summed E-state index contributed by atoms with van der Waals surface area (Å²) in [5.74, 6) is 1.53. The second-order valence-electron chi connectivity index (χ2n) is 12.5. The Kier molecular flexibility index (Phi) is 6.42. The number of imidazole rings is 1. The van der Waals surface area contributed by atoms with Gasteiger partial charge in [0.25, 0.3) is 0 Å². The quantitative estimate of drug-likeness (QED) is 0.176. The first-order valence-corrected chi connectivity index (χ1v) is 16.7. The van der Waals surface area contributed by atoms with Crippen molar-refractivity contribution in [3.8, 4) is 50.9 Å². The van der Waals surface area contributed by atoms with Crippen LogP contribution in [-0.2, 0) is 0 Å². The second-order valence-corrected chi connectivity index (χ2v) is 12.5. The molecule has 0 aliphatic heterocycles. The van der Waals surface area contributed by atoms with Crippen LogP contribution in [-0.4, -0.2) is 19.5 Å². The molecule has 0 atom stereocenters. The molecule has 0 fully saturated rings. The topological polar surface area (TPSA) is 56.7 Å². The van der Waals surface area contributed by atoms with Gasteiger partial charge < -0.3 is 4.42 Å². The Labute approximate surface area is 287 Å². The normalized spacial score (nSPS) is 11.6. The van der Waals surface area contributed by atoms with Gasteiger partial charge >= 0.3 is 0 Å². The number of para-hydroxylation sites is 3. The van der Waals surface area contributed by atoms with Gasteiger partial charge in [-0.05, 0) is 65.7 Å². The van der Waals surface area contributed by atoms with E-state index in [4.69, 9.17) is 19.4 Å². The first-order valence-electron chi connectivity index (χ1n) is 16.7. The number of fused-ring (bicyclic) bond motifs is 6. The lowest BCUT2D eigenvalue weighted by Crippen LogP contribution is -1.98. The first-order chi connectivity index (χ1) is 24.8. The molecule has 3 aromatic heterocycles. The van der Waals surface area contributed by atoms with Crippen LogP contribution in [0.15, 0.2) is 174 Å². The highest BCUT2D eigenvalue weighted by Crippen LogP contribution is 2.39. The molecule has 50 heavy (non-hydrogen) atoms. The molecule has 0 unspecified atom stereocenters. The highest BCUT2D eigenvalue weighted by atomic mass is 16.3. The van der Waals surface area contributed by atoms with Gasteiger partial charge in [-0.3, -0.25) is 4.57 Å². The Bertz CT molecular complexity index is 2850. The molecule has 5 heteroatoms. The molecule has 3 heterocycles. The Balaban J connectivity index is 1.08. The fourth-order valence-corrected chi connectivity index (χ4v) is 7.06. The summed E-state index contributed by atoms with van der Waals surface area (Å²) in [6, 6.07) is 58.5. The third kappa shape index (κ3) is 4.60. The number of aromatic nitrogens is 4. The van der Waals surface area contributed by atoms with E-state index >= 15 is 0 Å². The van der Waals surface area contributed by atoms with E-state index in [2.05, 4.69) is 120 Å². The van der Waals surface area contributed by atoms with Gasteiger partial charge in [0.1, 0.15) is 11.3 Å². The van der Waals surface area contributed by atoms with Gasteiger partial charge in [-0.1, -0.05) is 115 Å². The molecule has 0 saturated carbocycles. The molecular formula is C45H28N4O. The van der Waals surface area contributed by atoms with Crippen LogP contribution in [0.3, 0.4) is 0 Å². The summed E-state index contributed by atoms with van der Waals surface area (Å²) >= 11 is 0. The highest BCUT2D eigenvalue weighted by Gasteiger charge is 2.18. The molecule has 5 nitrogen and oxygen atoms in total. The molecular weight excluding hydrogens is 613 g/mol. The molecule has 0 aliphatic carbocycles. The third-order valence-corrected chi connectivity index (χ3v) is 9.43. The van der Waals surface area contributed by atoms with Crippen LogP contribution < -0.4 is 0 Å². The minimum Gasteiger partial charge on any atom is -0.436 e. The van der Waals surface area contributed by atoms with Crippen LogP contribution in [0.4, 0.5) is 0 Å². The van der Waals surface area contributed by atoms with Crippen molar-refractivity contribution in [1.82, 2.24) is 19.5 Å². The third-order valence-electron chi connectivity index (χ3n) is 9.43. The Morgan fingerprint density at radius 2 is 1.12 bits per heavy atom. The van der Waals surface area contributed by atoms with Crippen LogP contribution >= 0.6 is 0 Å². The van der Waals surface area contributed by atoms with Gasteiger partial charge in [0.15, 0.2) is 5.58 Å². The maximum absolute atomic E-state index is 6.28. The van der Waals surface area contributed by atoms with E-state index in [9.17, 15) is 0 Å². The summed E-state index contributed by atoms with van der Waals surface area (Å²) in [6.45, 7) is 0. The van der Waals surface area contributed by atoms with Gasteiger partial charge in [-0.25, -0.2) is 15.0 Å². The molecule has 0 N–H and O–H groups in total. The summed E-state index contributed by atoms with van der Waals surface area (Å²) in [5.41, 5.74) is 11.9. The minimum absolute atomic E-state index is 0.613. The summed E-state index contributed by atoms with van der Waals surface area (Å²) in [6.07, 6.45) is 0. The zero-order valence-corrected chi connectivity index (χ0v) is 26.9.